The Bertz CT molecular complexity index is 1010. The van der Waals surface area contributed by atoms with E-state index in [2.05, 4.69) is 10.2 Å². The van der Waals surface area contributed by atoms with Crippen LogP contribution in [0.3, 0.4) is 0 Å². The molecule has 2 aromatic rings. The molecule has 0 aliphatic heterocycles. The number of anilines is 1. The number of benzene rings is 2. The Morgan fingerprint density at radius 2 is 1.38 bits per heavy atom. The fourth-order valence-electron chi connectivity index (χ4n) is 1.70. The second-order valence-corrected chi connectivity index (χ2v) is 7.30. The van der Waals surface area contributed by atoms with Gasteiger partial charge in [0.25, 0.3) is 20.2 Å². The van der Waals surface area contributed by atoms with Gasteiger partial charge in [0, 0.05) is 0 Å². The van der Waals surface area contributed by atoms with Gasteiger partial charge in [-0.3, -0.25) is 9.11 Å². The third-order valence-corrected chi connectivity index (χ3v) is 4.56. The van der Waals surface area contributed by atoms with Crippen LogP contribution in [-0.2, 0) is 20.2 Å². The van der Waals surface area contributed by atoms with Crippen LogP contribution >= 0.6 is 0 Å². The maximum Gasteiger partial charge on any atom is 0.296 e. The molecule has 0 radical (unpaired) electrons. The highest BCUT2D eigenvalue weighted by Crippen LogP contribution is 2.33. The number of nitrogens with two attached hydrogens (primary N) is 1. The summed E-state index contributed by atoms with van der Waals surface area (Å²) in [5.74, 6) is -0.0336. The summed E-state index contributed by atoms with van der Waals surface area (Å²) >= 11 is 0. The lowest BCUT2D eigenvalue weighted by molar-refractivity contribution is 0.475. The van der Waals surface area contributed by atoms with Crippen LogP contribution in [0, 0.1) is 0 Å². The Labute approximate surface area is 136 Å². The molecule has 0 heterocycles. The van der Waals surface area contributed by atoms with Gasteiger partial charge in [0.2, 0.25) is 0 Å². The Balaban J connectivity index is 2.63. The smallest absolute Gasteiger partial charge is 0.296 e. The molecule has 0 spiro atoms. The number of rotatable bonds is 4. The van der Waals surface area contributed by atoms with E-state index in [4.69, 9.17) is 15.4 Å². The van der Waals surface area contributed by atoms with Crippen molar-refractivity contribution in [2.75, 3.05) is 5.73 Å². The van der Waals surface area contributed by atoms with E-state index in [9.17, 15) is 21.4 Å². The molecule has 2 rings (SSSR count). The first-order valence-electron chi connectivity index (χ1n) is 6.08. The largest absolute Gasteiger partial charge is 0.508 e. The van der Waals surface area contributed by atoms with Gasteiger partial charge in [0.1, 0.15) is 21.2 Å². The molecule has 2 aromatic carbocycles. The van der Waals surface area contributed by atoms with Gasteiger partial charge in [0.05, 0.1) is 11.4 Å². The van der Waals surface area contributed by atoms with Crippen molar-refractivity contribution in [2.45, 2.75) is 9.79 Å². The highest BCUT2D eigenvalue weighted by molar-refractivity contribution is 7.86. The van der Waals surface area contributed by atoms with Gasteiger partial charge in [-0.2, -0.15) is 21.9 Å². The highest BCUT2D eigenvalue weighted by Gasteiger charge is 2.23. The third-order valence-electron chi connectivity index (χ3n) is 2.77. The summed E-state index contributed by atoms with van der Waals surface area (Å²) in [5, 5.41) is 16.4. The van der Waals surface area contributed by atoms with Gasteiger partial charge in [0.15, 0.2) is 0 Å². The average molecular weight is 373 g/mol. The van der Waals surface area contributed by atoms with Crippen LogP contribution in [-0.4, -0.2) is 31.0 Å². The van der Waals surface area contributed by atoms with Gasteiger partial charge in [-0.1, -0.05) is 0 Å². The van der Waals surface area contributed by atoms with Crippen molar-refractivity contribution in [3.63, 3.8) is 0 Å². The summed E-state index contributed by atoms with van der Waals surface area (Å²) in [7, 11) is -9.52. The van der Waals surface area contributed by atoms with Crippen molar-refractivity contribution in [3.05, 3.63) is 36.4 Å². The molecule has 0 atom stereocenters. The van der Waals surface area contributed by atoms with E-state index in [0.717, 1.165) is 0 Å². The first-order valence-corrected chi connectivity index (χ1v) is 8.96. The molecule has 0 bridgehead atoms. The molecule has 128 valence electrons. The molecule has 12 heteroatoms. The van der Waals surface area contributed by atoms with Crippen LogP contribution in [0.2, 0.25) is 0 Å². The molecule has 5 N–H and O–H groups in total. The van der Waals surface area contributed by atoms with Gasteiger partial charge in [-0.05, 0) is 36.4 Å². The van der Waals surface area contributed by atoms with E-state index in [0.29, 0.717) is 12.1 Å². The van der Waals surface area contributed by atoms with E-state index in [-0.39, 0.29) is 11.4 Å². The van der Waals surface area contributed by atoms with Crippen LogP contribution in [0.25, 0.3) is 0 Å². The van der Waals surface area contributed by atoms with Gasteiger partial charge < -0.3 is 10.8 Å². The number of nitrogen functional groups attached to an aromatic ring is 1. The minimum atomic E-state index is -4.78. The summed E-state index contributed by atoms with van der Waals surface area (Å²) in [4.78, 5) is -1.57. The molecule has 0 aliphatic carbocycles. The fourth-order valence-corrected chi connectivity index (χ4v) is 2.96. The predicted octanol–water partition coefficient (Wildman–Crippen LogP) is 1.88. The topological polar surface area (TPSA) is 180 Å². The summed E-state index contributed by atoms with van der Waals surface area (Å²) in [6, 6.07) is 6.61. The average Bonchev–Trinajstić information content (AvgIpc) is 2.45. The molecule has 0 aliphatic rings. The number of phenolic OH excluding ortho intramolecular Hbond substituents is 1. The van der Waals surface area contributed by atoms with Crippen molar-refractivity contribution in [2.24, 2.45) is 10.2 Å². The summed E-state index contributed by atoms with van der Waals surface area (Å²) < 4.78 is 63.5. The van der Waals surface area contributed by atoms with Crippen LogP contribution in [0.15, 0.2) is 56.4 Å². The molecular weight excluding hydrogens is 362 g/mol. The number of aromatic hydroxyl groups is 1. The van der Waals surface area contributed by atoms with E-state index in [1.807, 2.05) is 0 Å². The van der Waals surface area contributed by atoms with E-state index >= 15 is 0 Å². The van der Waals surface area contributed by atoms with Crippen molar-refractivity contribution in [1.29, 1.82) is 0 Å². The lowest BCUT2D eigenvalue weighted by atomic mass is 10.3. The van der Waals surface area contributed by atoms with Crippen molar-refractivity contribution in [1.82, 2.24) is 0 Å². The number of hydrogen-bond acceptors (Lipinski definition) is 8. The minimum Gasteiger partial charge on any atom is -0.508 e. The Morgan fingerprint density at radius 3 is 1.88 bits per heavy atom. The van der Waals surface area contributed by atoms with E-state index in [1.54, 1.807) is 0 Å². The third kappa shape index (κ3) is 4.05. The second-order valence-electron chi connectivity index (χ2n) is 4.52. The SMILES string of the molecule is Nc1cc(S(=O)(=O)O)c(N=Nc2ccc(O)cc2)cc1S(=O)(=O)O. The van der Waals surface area contributed by atoms with Gasteiger partial charge in [-0.15, -0.1) is 5.11 Å². The molecule has 0 amide bonds. The van der Waals surface area contributed by atoms with Crippen LogP contribution in [0.4, 0.5) is 17.1 Å². The Kier molecular flexibility index (Phi) is 4.57. The predicted molar refractivity (Wildman–Crippen MR) is 82.8 cm³/mol. The Hall–Kier alpha value is -2.54. The van der Waals surface area contributed by atoms with Crippen LogP contribution in [0.5, 0.6) is 5.75 Å². The zero-order chi connectivity index (χ0) is 18.1. The first-order chi connectivity index (χ1) is 11.0. The summed E-state index contributed by atoms with van der Waals surface area (Å²) in [5.41, 5.74) is 4.45. The van der Waals surface area contributed by atoms with Gasteiger partial charge in [-0.25, -0.2) is 0 Å². The minimum absolute atomic E-state index is 0.0336. The number of nitrogens with zero attached hydrogens (tertiary/aromatic N) is 2. The summed E-state index contributed by atoms with van der Waals surface area (Å²) in [6.45, 7) is 0. The lowest BCUT2D eigenvalue weighted by Crippen LogP contribution is -2.06. The standard InChI is InChI=1S/C12H11N3O7S2/c13-9-5-12(24(20,21)22)10(6-11(9)23(17,18)19)15-14-7-1-3-8(16)4-2-7/h1-6,16H,13H2,(H,17,18,19)(H,20,21,22). The molecule has 0 unspecified atom stereocenters. The molecule has 0 fully saturated rings. The quantitative estimate of drug-likeness (QED) is 0.356. The van der Waals surface area contributed by atoms with Crippen LogP contribution in [0.1, 0.15) is 0 Å². The second kappa shape index (κ2) is 6.16. The lowest BCUT2D eigenvalue weighted by Gasteiger charge is -2.07. The highest BCUT2D eigenvalue weighted by atomic mass is 32.2. The van der Waals surface area contributed by atoms with Crippen molar-refractivity contribution >= 4 is 37.3 Å². The fraction of sp³-hybridized carbons (Fsp3) is 0. The van der Waals surface area contributed by atoms with Crippen molar-refractivity contribution in [3.8, 4) is 5.75 Å². The molecule has 0 saturated carbocycles. The zero-order valence-electron chi connectivity index (χ0n) is 11.7. The maximum atomic E-state index is 11.4. The monoisotopic (exact) mass is 373 g/mol. The molecule has 0 saturated heterocycles. The normalized spacial score (nSPS) is 12.6. The van der Waals surface area contributed by atoms with Gasteiger partial charge >= 0.3 is 0 Å². The Morgan fingerprint density at radius 1 is 0.833 bits per heavy atom. The molecular formula is C12H11N3O7S2. The number of azo groups is 1. The van der Waals surface area contributed by atoms with Crippen LogP contribution < -0.4 is 5.73 Å². The number of phenols is 1. The first kappa shape index (κ1) is 17.8. The van der Waals surface area contributed by atoms with E-state index < -0.39 is 41.4 Å². The molecule has 0 aromatic heterocycles. The van der Waals surface area contributed by atoms with Crippen molar-refractivity contribution < 1.29 is 31.0 Å². The zero-order valence-corrected chi connectivity index (χ0v) is 13.4. The van der Waals surface area contributed by atoms with E-state index in [1.165, 1.54) is 24.3 Å². The number of hydrogen-bond donors (Lipinski definition) is 4. The summed E-state index contributed by atoms with van der Waals surface area (Å²) in [6.07, 6.45) is 0. The molecule has 24 heavy (non-hydrogen) atoms. The maximum absolute atomic E-state index is 11.4. The molecule has 10 nitrogen and oxygen atoms in total.